The van der Waals surface area contributed by atoms with Crippen molar-refractivity contribution in [1.29, 1.82) is 0 Å². The molecule has 1 unspecified atom stereocenters. The van der Waals surface area contributed by atoms with Crippen LogP contribution in [-0.4, -0.2) is 38.7 Å². The fourth-order valence-corrected chi connectivity index (χ4v) is 4.84. The molecule has 8 heteroatoms. The Hall–Kier alpha value is -3.75. The van der Waals surface area contributed by atoms with E-state index < -0.39 is 6.23 Å². The van der Waals surface area contributed by atoms with Crippen LogP contribution in [0.3, 0.4) is 0 Å². The molecule has 1 aliphatic heterocycles. The van der Waals surface area contributed by atoms with Crippen molar-refractivity contribution in [2.24, 2.45) is 0 Å². The molecule has 1 atom stereocenters. The maximum Gasteiger partial charge on any atom is 0.250 e. The Morgan fingerprint density at radius 3 is 2.67 bits per heavy atom. The van der Waals surface area contributed by atoms with Crippen LogP contribution in [0, 0.1) is 5.82 Å². The number of hydrogen-bond acceptors (Lipinski definition) is 3. The van der Waals surface area contributed by atoms with Gasteiger partial charge in [0.15, 0.2) is 6.23 Å². The molecule has 3 heterocycles. The van der Waals surface area contributed by atoms with Crippen LogP contribution in [-0.2, 0) is 16.0 Å². The van der Waals surface area contributed by atoms with Gasteiger partial charge in [-0.25, -0.2) is 9.07 Å². The van der Waals surface area contributed by atoms with Gasteiger partial charge in [-0.05, 0) is 78.0 Å². The normalized spacial score (nSPS) is 15.8. The lowest BCUT2D eigenvalue weighted by molar-refractivity contribution is -0.128. The standard InChI is InChI=1S/C28H22BrFN4O2/c29-21-5-9-23(10-6-21)34-16-24(27(32-34)20-3-7-22(30)8-4-20)28-33(26(35)17-36-28)14-12-18-1-2-19-11-13-31-25(19)15-18/h1-11,13,15-16,28,31H,12,14,17H2. The molecule has 1 aliphatic rings. The number of nitrogens with one attached hydrogen (secondary N) is 1. The molecule has 3 aromatic carbocycles. The first-order valence-corrected chi connectivity index (χ1v) is 12.4. The lowest BCUT2D eigenvalue weighted by Gasteiger charge is -2.23. The van der Waals surface area contributed by atoms with Crippen molar-refractivity contribution in [1.82, 2.24) is 19.7 Å². The number of carbonyl (C=O) groups excluding carboxylic acids is 1. The Kier molecular flexibility index (Phi) is 5.91. The first kappa shape index (κ1) is 22.7. The molecule has 6 nitrogen and oxygen atoms in total. The Bertz CT molecular complexity index is 1540. The number of fused-ring (bicyclic) bond motifs is 1. The summed E-state index contributed by atoms with van der Waals surface area (Å²) >= 11 is 3.47. The Morgan fingerprint density at radius 1 is 1.06 bits per heavy atom. The smallest absolute Gasteiger partial charge is 0.250 e. The van der Waals surface area contributed by atoms with Crippen molar-refractivity contribution in [3.8, 4) is 16.9 Å². The van der Waals surface area contributed by atoms with E-state index in [1.165, 1.54) is 12.1 Å². The molecule has 0 spiro atoms. The summed E-state index contributed by atoms with van der Waals surface area (Å²) in [7, 11) is 0. The van der Waals surface area contributed by atoms with Crippen LogP contribution in [0.4, 0.5) is 4.39 Å². The highest BCUT2D eigenvalue weighted by Crippen LogP contribution is 2.35. The van der Waals surface area contributed by atoms with E-state index >= 15 is 0 Å². The van der Waals surface area contributed by atoms with Gasteiger partial charge in [-0.2, -0.15) is 5.10 Å². The Labute approximate surface area is 215 Å². The number of H-pyrrole nitrogens is 1. The largest absolute Gasteiger partial charge is 0.361 e. The van der Waals surface area contributed by atoms with E-state index in [2.05, 4.69) is 39.1 Å². The minimum absolute atomic E-state index is 0.00660. The van der Waals surface area contributed by atoms with Gasteiger partial charge in [0.25, 0.3) is 5.91 Å². The summed E-state index contributed by atoms with van der Waals surface area (Å²) in [6, 6.07) is 22.3. The quantitative estimate of drug-likeness (QED) is 0.284. The van der Waals surface area contributed by atoms with Gasteiger partial charge < -0.3 is 14.6 Å². The first-order valence-electron chi connectivity index (χ1n) is 11.6. The van der Waals surface area contributed by atoms with Crippen molar-refractivity contribution in [3.63, 3.8) is 0 Å². The van der Waals surface area contributed by atoms with Gasteiger partial charge in [-0.3, -0.25) is 4.79 Å². The molecule has 180 valence electrons. The summed E-state index contributed by atoms with van der Waals surface area (Å²) in [5.74, 6) is -0.386. The van der Waals surface area contributed by atoms with E-state index in [1.807, 2.05) is 42.7 Å². The van der Waals surface area contributed by atoms with E-state index in [0.717, 1.165) is 37.8 Å². The van der Waals surface area contributed by atoms with Crippen molar-refractivity contribution >= 4 is 32.7 Å². The summed E-state index contributed by atoms with van der Waals surface area (Å²) in [6.45, 7) is 0.509. The van der Waals surface area contributed by atoms with Crippen molar-refractivity contribution in [3.05, 3.63) is 107 Å². The highest BCUT2D eigenvalue weighted by Gasteiger charge is 2.36. The number of aromatic nitrogens is 3. The van der Waals surface area contributed by atoms with Gasteiger partial charge in [0, 0.05) is 40.1 Å². The number of hydrogen-bond donors (Lipinski definition) is 1. The summed E-state index contributed by atoms with van der Waals surface area (Å²) in [4.78, 5) is 17.9. The lowest BCUT2D eigenvalue weighted by atomic mass is 10.1. The van der Waals surface area contributed by atoms with Crippen molar-refractivity contribution in [2.75, 3.05) is 13.2 Å². The first-order chi connectivity index (χ1) is 17.5. The second kappa shape index (κ2) is 9.37. The molecule has 36 heavy (non-hydrogen) atoms. The van der Waals surface area contributed by atoms with Crippen molar-refractivity contribution in [2.45, 2.75) is 12.6 Å². The second-order valence-electron chi connectivity index (χ2n) is 8.76. The predicted molar refractivity (Wildman–Crippen MR) is 139 cm³/mol. The van der Waals surface area contributed by atoms with E-state index in [4.69, 9.17) is 9.84 Å². The highest BCUT2D eigenvalue weighted by molar-refractivity contribution is 9.10. The zero-order valence-electron chi connectivity index (χ0n) is 19.2. The molecule has 1 fully saturated rings. The third-order valence-corrected chi connectivity index (χ3v) is 6.97. The van der Waals surface area contributed by atoms with Crippen LogP contribution in [0.1, 0.15) is 17.4 Å². The monoisotopic (exact) mass is 544 g/mol. The molecule has 0 bridgehead atoms. The molecular weight excluding hydrogens is 523 g/mol. The summed E-state index contributed by atoms with van der Waals surface area (Å²) < 4.78 is 22.4. The third kappa shape index (κ3) is 4.34. The Morgan fingerprint density at radius 2 is 1.86 bits per heavy atom. The topological polar surface area (TPSA) is 63.2 Å². The molecular formula is C28H22BrFN4O2. The van der Waals surface area contributed by atoms with E-state index in [9.17, 15) is 9.18 Å². The predicted octanol–water partition coefficient (Wildman–Crippen LogP) is 6.02. The SMILES string of the molecule is O=C1COC(c2cn(-c3ccc(Br)cc3)nc2-c2ccc(F)cc2)N1CCc1ccc2cc[nH]c2c1. The number of ether oxygens (including phenoxy) is 1. The van der Waals surface area contributed by atoms with Crippen molar-refractivity contribution < 1.29 is 13.9 Å². The molecule has 1 amide bonds. The summed E-state index contributed by atoms with van der Waals surface area (Å²) in [5.41, 5.74) is 5.23. The molecule has 2 aromatic heterocycles. The van der Waals surface area contributed by atoms with Gasteiger partial charge in [0.2, 0.25) is 0 Å². The lowest BCUT2D eigenvalue weighted by Crippen LogP contribution is -2.30. The molecule has 1 saturated heterocycles. The van der Waals surface area contributed by atoms with Crippen LogP contribution in [0.5, 0.6) is 0 Å². The molecule has 5 aromatic rings. The van der Waals surface area contributed by atoms with Gasteiger partial charge in [-0.1, -0.05) is 28.1 Å². The number of nitrogens with zero attached hydrogens (tertiary/aromatic N) is 3. The number of rotatable bonds is 6. The summed E-state index contributed by atoms with van der Waals surface area (Å²) in [6.07, 6.45) is 3.91. The molecule has 0 radical (unpaired) electrons. The van der Waals surface area contributed by atoms with E-state index in [0.29, 0.717) is 18.7 Å². The van der Waals surface area contributed by atoms with Crippen LogP contribution in [0.25, 0.3) is 27.8 Å². The fourth-order valence-electron chi connectivity index (χ4n) is 4.58. The highest BCUT2D eigenvalue weighted by atomic mass is 79.9. The number of aromatic amines is 1. The number of amides is 1. The maximum atomic E-state index is 13.7. The van der Waals surface area contributed by atoms with Crippen LogP contribution >= 0.6 is 15.9 Å². The number of carbonyl (C=O) groups is 1. The van der Waals surface area contributed by atoms with Gasteiger partial charge >= 0.3 is 0 Å². The minimum Gasteiger partial charge on any atom is -0.361 e. The van der Waals surface area contributed by atoms with Crippen LogP contribution in [0.2, 0.25) is 0 Å². The summed E-state index contributed by atoms with van der Waals surface area (Å²) in [5, 5.41) is 5.97. The fraction of sp³-hybridized carbons (Fsp3) is 0.143. The van der Waals surface area contributed by atoms with Crippen LogP contribution < -0.4 is 0 Å². The average Bonchev–Trinajstić information content (AvgIpc) is 3.62. The average molecular weight is 545 g/mol. The molecule has 6 rings (SSSR count). The molecule has 0 saturated carbocycles. The number of benzene rings is 3. The van der Waals surface area contributed by atoms with E-state index in [-0.39, 0.29) is 18.3 Å². The Balaban J connectivity index is 1.34. The minimum atomic E-state index is -0.587. The molecule has 0 aliphatic carbocycles. The number of halogens is 2. The van der Waals surface area contributed by atoms with Gasteiger partial charge in [-0.15, -0.1) is 0 Å². The molecule has 1 N–H and O–H groups in total. The van der Waals surface area contributed by atoms with Gasteiger partial charge in [0.05, 0.1) is 5.69 Å². The zero-order valence-corrected chi connectivity index (χ0v) is 20.8. The zero-order chi connectivity index (χ0) is 24.6. The third-order valence-electron chi connectivity index (χ3n) is 6.45. The van der Waals surface area contributed by atoms with Gasteiger partial charge in [0.1, 0.15) is 18.1 Å². The second-order valence-corrected chi connectivity index (χ2v) is 9.68. The van der Waals surface area contributed by atoms with Crippen LogP contribution in [0.15, 0.2) is 89.7 Å². The maximum absolute atomic E-state index is 13.7. The van der Waals surface area contributed by atoms with E-state index in [1.54, 1.807) is 21.7 Å².